The Morgan fingerprint density at radius 1 is 1.05 bits per heavy atom. The third-order valence-electron chi connectivity index (χ3n) is 6.44. The topological polar surface area (TPSA) is 64.0 Å². The molecular formula is C31H33N3O3. The molecule has 1 aromatic heterocycles. The maximum absolute atomic E-state index is 13.3. The molecule has 190 valence electrons. The lowest BCUT2D eigenvalue weighted by atomic mass is 9.91. The summed E-state index contributed by atoms with van der Waals surface area (Å²) in [6, 6.07) is 18.2. The number of hydrogen-bond donors (Lipinski definition) is 0. The van der Waals surface area contributed by atoms with Crippen molar-refractivity contribution in [3.8, 4) is 11.1 Å². The van der Waals surface area contributed by atoms with E-state index in [1.165, 1.54) is 12.7 Å². The zero-order valence-electron chi connectivity index (χ0n) is 22.3. The van der Waals surface area contributed by atoms with Gasteiger partial charge < -0.3 is 9.47 Å². The number of hydrazone groups is 1. The number of carbonyl (C=O) groups is 1. The molecule has 1 aliphatic heterocycles. The smallest absolute Gasteiger partial charge is 0.360 e. The van der Waals surface area contributed by atoms with Gasteiger partial charge in [0.1, 0.15) is 6.61 Å². The molecule has 0 radical (unpaired) electrons. The summed E-state index contributed by atoms with van der Waals surface area (Å²) in [4.78, 5) is 17.9. The predicted molar refractivity (Wildman–Crippen MR) is 148 cm³/mol. The van der Waals surface area contributed by atoms with Gasteiger partial charge in [-0.05, 0) is 37.8 Å². The average Bonchev–Trinajstić information content (AvgIpc) is 2.91. The van der Waals surface area contributed by atoms with Gasteiger partial charge >= 0.3 is 5.97 Å². The Morgan fingerprint density at radius 3 is 2.35 bits per heavy atom. The number of rotatable bonds is 7. The normalized spacial score (nSPS) is 14.7. The van der Waals surface area contributed by atoms with Crippen LogP contribution in [0.5, 0.6) is 0 Å². The van der Waals surface area contributed by atoms with Crippen LogP contribution in [0.1, 0.15) is 49.9 Å². The zero-order valence-corrected chi connectivity index (χ0v) is 22.3. The third-order valence-corrected chi connectivity index (χ3v) is 6.44. The second-order valence-corrected chi connectivity index (χ2v) is 9.30. The lowest BCUT2D eigenvalue weighted by Gasteiger charge is -2.33. The van der Waals surface area contributed by atoms with Crippen molar-refractivity contribution in [2.45, 2.75) is 41.2 Å². The first-order valence-corrected chi connectivity index (χ1v) is 12.4. The molecular weight excluding hydrogens is 462 g/mol. The molecule has 0 atom stereocenters. The first-order valence-electron chi connectivity index (χ1n) is 12.4. The first-order chi connectivity index (χ1) is 17.8. The van der Waals surface area contributed by atoms with Crippen molar-refractivity contribution in [2.75, 3.05) is 7.11 Å². The van der Waals surface area contributed by atoms with Gasteiger partial charge in [-0.3, -0.25) is 4.98 Å². The van der Waals surface area contributed by atoms with Crippen molar-refractivity contribution in [2.24, 2.45) is 11.0 Å². The van der Waals surface area contributed by atoms with E-state index >= 15 is 0 Å². The van der Waals surface area contributed by atoms with Crippen LogP contribution >= 0.6 is 0 Å². The highest BCUT2D eigenvalue weighted by Crippen LogP contribution is 2.44. The standard InChI is InChI=1S/C31H33N3O3/c1-7-27-28-25(24-15-13-21(4)14-16-24)17-32-18-26(28)30(37-19-23-11-9-8-10-12-23)29(31(35)36-6)34(27)33-22(5)20(2)3/h7-18,20H,19H2,1-6H3/b27-7+,33-22+. The number of methoxy groups -OCH3 is 1. The van der Waals surface area contributed by atoms with Crippen LogP contribution in [0, 0.1) is 12.8 Å². The quantitative estimate of drug-likeness (QED) is 0.266. The summed E-state index contributed by atoms with van der Waals surface area (Å²) in [5.41, 5.74) is 7.58. The molecule has 0 N–H and O–H groups in total. The molecule has 2 aromatic carbocycles. The van der Waals surface area contributed by atoms with Crippen molar-refractivity contribution in [1.82, 2.24) is 9.99 Å². The number of pyridine rings is 1. The fraction of sp³-hybridized carbons (Fsp3) is 0.258. The van der Waals surface area contributed by atoms with E-state index in [1.54, 1.807) is 11.2 Å². The maximum atomic E-state index is 13.3. The molecule has 0 spiro atoms. The minimum Gasteiger partial charge on any atom is -0.486 e. The lowest BCUT2D eigenvalue weighted by molar-refractivity contribution is -0.137. The van der Waals surface area contributed by atoms with Crippen LogP contribution in [-0.2, 0) is 20.9 Å². The average molecular weight is 496 g/mol. The zero-order chi connectivity index (χ0) is 26.5. The minimum atomic E-state index is -0.533. The number of esters is 1. The van der Waals surface area contributed by atoms with Crippen molar-refractivity contribution in [3.63, 3.8) is 0 Å². The summed E-state index contributed by atoms with van der Waals surface area (Å²) in [6.07, 6.45) is 5.56. The molecule has 37 heavy (non-hydrogen) atoms. The van der Waals surface area contributed by atoms with Crippen molar-refractivity contribution in [3.05, 3.63) is 101 Å². The van der Waals surface area contributed by atoms with E-state index in [-0.39, 0.29) is 18.2 Å². The molecule has 0 amide bonds. The summed E-state index contributed by atoms with van der Waals surface area (Å²) in [7, 11) is 1.37. The Balaban J connectivity index is 2.01. The molecule has 0 saturated heterocycles. The van der Waals surface area contributed by atoms with Gasteiger partial charge in [-0.15, -0.1) is 0 Å². The van der Waals surface area contributed by atoms with Crippen molar-refractivity contribution < 1.29 is 14.3 Å². The second-order valence-electron chi connectivity index (χ2n) is 9.30. The number of ether oxygens (including phenoxy) is 2. The Bertz CT molecular complexity index is 1370. The van der Waals surface area contributed by atoms with Gasteiger partial charge in [0, 0.05) is 34.8 Å². The lowest BCUT2D eigenvalue weighted by Crippen LogP contribution is -2.30. The van der Waals surface area contributed by atoms with Crippen LogP contribution in [-0.4, -0.2) is 28.8 Å². The monoisotopic (exact) mass is 495 g/mol. The van der Waals surface area contributed by atoms with Crippen LogP contribution in [0.25, 0.3) is 22.6 Å². The maximum Gasteiger partial charge on any atom is 0.360 e. The SMILES string of the molecule is C/C=C1\c2c(cncc2-c2ccc(C)cc2)C(OCc2ccccc2)=C(C(=O)OC)N1/N=C(\C)C(C)C. The Labute approximate surface area is 219 Å². The molecule has 6 heteroatoms. The molecule has 0 bridgehead atoms. The number of nitrogens with zero attached hydrogens (tertiary/aromatic N) is 3. The van der Waals surface area contributed by atoms with E-state index in [4.69, 9.17) is 14.6 Å². The highest BCUT2D eigenvalue weighted by atomic mass is 16.5. The highest BCUT2D eigenvalue weighted by molar-refractivity contribution is 6.03. The van der Waals surface area contributed by atoms with Gasteiger partial charge in [-0.2, -0.15) is 5.10 Å². The Hall–Kier alpha value is -4.19. The van der Waals surface area contributed by atoms with Crippen LogP contribution in [0.4, 0.5) is 0 Å². The number of aryl methyl sites for hydroxylation is 1. The van der Waals surface area contributed by atoms with E-state index in [0.717, 1.165) is 39.2 Å². The molecule has 0 saturated carbocycles. The number of fused-ring (bicyclic) bond motifs is 1. The van der Waals surface area contributed by atoms with Crippen LogP contribution in [0.2, 0.25) is 0 Å². The predicted octanol–water partition coefficient (Wildman–Crippen LogP) is 6.82. The highest BCUT2D eigenvalue weighted by Gasteiger charge is 2.37. The van der Waals surface area contributed by atoms with Crippen LogP contribution in [0.15, 0.2) is 83.9 Å². The fourth-order valence-electron chi connectivity index (χ4n) is 4.11. The number of hydrogen-bond acceptors (Lipinski definition) is 6. The fourth-order valence-corrected chi connectivity index (χ4v) is 4.11. The third kappa shape index (κ3) is 5.33. The molecule has 0 aliphatic carbocycles. The first kappa shape index (κ1) is 25.9. The second kappa shape index (κ2) is 11.2. The number of carbonyl (C=O) groups excluding carboxylic acids is 1. The number of aromatic nitrogens is 1. The van der Waals surface area contributed by atoms with E-state index in [9.17, 15) is 4.79 Å². The van der Waals surface area contributed by atoms with E-state index < -0.39 is 5.97 Å². The Morgan fingerprint density at radius 2 is 1.73 bits per heavy atom. The number of benzene rings is 2. The minimum absolute atomic E-state index is 0.182. The summed E-state index contributed by atoms with van der Waals surface area (Å²) < 4.78 is 11.7. The largest absolute Gasteiger partial charge is 0.486 e. The molecule has 1 aliphatic rings. The van der Waals surface area contributed by atoms with Gasteiger partial charge in [0.05, 0.1) is 12.8 Å². The summed E-state index contributed by atoms with van der Waals surface area (Å²) >= 11 is 0. The van der Waals surface area contributed by atoms with E-state index in [2.05, 4.69) is 50.0 Å². The molecule has 6 nitrogen and oxygen atoms in total. The van der Waals surface area contributed by atoms with E-state index in [0.29, 0.717) is 5.76 Å². The van der Waals surface area contributed by atoms with Gasteiger partial charge in [0.15, 0.2) is 11.5 Å². The van der Waals surface area contributed by atoms with Gasteiger partial charge in [0.2, 0.25) is 0 Å². The van der Waals surface area contributed by atoms with Crippen LogP contribution < -0.4 is 0 Å². The molecule has 0 unspecified atom stereocenters. The summed E-state index contributed by atoms with van der Waals surface area (Å²) in [6.45, 7) is 10.4. The van der Waals surface area contributed by atoms with Gasteiger partial charge in [-0.1, -0.05) is 80.1 Å². The summed E-state index contributed by atoms with van der Waals surface area (Å²) in [5.74, 6) is 0.0354. The van der Waals surface area contributed by atoms with E-state index in [1.807, 2.05) is 56.5 Å². The van der Waals surface area contributed by atoms with Crippen molar-refractivity contribution >= 4 is 23.1 Å². The Kier molecular flexibility index (Phi) is 7.87. The molecule has 0 fully saturated rings. The van der Waals surface area contributed by atoms with Gasteiger partial charge in [-0.25, -0.2) is 9.80 Å². The van der Waals surface area contributed by atoms with Gasteiger partial charge in [0.25, 0.3) is 0 Å². The number of allylic oxidation sites excluding steroid dienone is 1. The molecule has 3 aromatic rings. The van der Waals surface area contributed by atoms with Crippen LogP contribution in [0.3, 0.4) is 0 Å². The molecule has 2 heterocycles. The summed E-state index contributed by atoms with van der Waals surface area (Å²) in [5, 5.41) is 6.58. The van der Waals surface area contributed by atoms with Crippen molar-refractivity contribution in [1.29, 1.82) is 0 Å². The molecule has 4 rings (SSSR count).